The van der Waals surface area contributed by atoms with Crippen molar-refractivity contribution in [2.24, 2.45) is 4.99 Å². The van der Waals surface area contributed by atoms with Crippen molar-refractivity contribution in [1.82, 2.24) is 20.1 Å². The number of para-hydroxylation sites is 1. The summed E-state index contributed by atoms with van der Waals surface area (Å²) in [5.41, 5.74) is 3.40. The van der Waals surface area contributed by atoms with Crippen molar-refractivity contribution in [2.75, 3.05) is 6.61 Å². The zero-order chi connectivity index (χ0) is 19.7. The maximum atomic E-state index is 12.1. The molecule has 1 aromatic heterocycles. The van der Waals surface area contributed by atoms with Crippen LogP contribution in [0.3, 0.4) is 0 Å². The topological polar surface area (TPSA) is 81.4 Å². The molecule has 0 saturated heterocycles. The van der Waals surface area contributed by atoms with Gasteiger partial charge in [-0.3, -0.25) is 14.9 Å². The number of alkyl carbamates (subject to hydrolysis) is 1. The molecule has 1 atom stereocenters. The summed E-state index contributed by atoms with van der Waals surface area (Å²) in [4.78, 5) is 17.0. The van der Waals surface area contributed by atoms with Crippen molar-refractivity contribution in [3.8, 4) is 5.69 Å². The van der Waals surface area contributed by atoms with Crippen LogP contribution in [0.5, 0.6) is 0 Å². The molecule has 0 spiro atoms. The zero-order valence-electron chi connectivity index (χ0n) is 15.4. The Kier molecular flexibility index (Phi) is 4.83. The van der Waals surface area contributed by atoms with Crippen molar-refractivity contribution >= 4 is 23.4 Å². The predicted octanol–water partition coefficient (Wildman–Crippen LogP) is 3.82. The van der Waals surface area contributed by atoms with Crippen molar-refractivity contribution in [1.29, 1.82) is 0 Å². The van der Waals surface area contributed by atoms with Gasteiger partial charge in [0.15, 0.2) is 12.0 Å². The normalized spacial score (nSPS) is 15.1. The summed E-state index contributed by atoms with van der Waals surface area (Å²) in [7, 11) is 0. The molecule has 0 saturated carbocycles. The van der Waals surface area contributed by atoms with Gasteiger partial charge >= 0.3 is 6.09 Å². The van der Waals surface area contributed by atoms with Gasteiger partial charge in [0.05, 0.1) is 18.0 Å². The molecule has 7 nitrogen and oxygen atoms in total. The second kappa shape index (κ2) is 7.44. The Balaban J connectivity index is 1.92. The molecule has 1 aliphatic rings. The van der Waals surface area contributed by atoms with E-state index in [9.17, 15) is 4.79 Å². The number of rotatable bonds is 3. The maximum Gasteiger partial charge on any atom is 0.409 e. The van der Waals surface area contributed by atoms with Gasteiger partial charge in [0, 0.05) is 16.1 Å². The molecular formula is C20H18ClN5O2. The molecule has 0 fully saturated rings. The van der Waals surface area contributed by atoms with Crippen LogP contribution in [0.15, 0.2) is 53.5 Å². The Morgan fingerprint density at radius 1 is 1.18 bits per heavy atom. The van der Waals surface area contributed by atoms with Gasteiger partial charge < -0.3 is 4.74 Å². The lowest BCUT2D eigenvalue weighted by Crippen LogP contribution is -2.30. The zero-order valence-corrected chi connectivity index (χ0v) is 16.1. The maximum absolute atomic E-state index is 12.1. The number of ether oxygens (including phenoxy) is 1. The molecule has 4 rings (SSSR count). The summed E-state index contributed by atoms with van der Waals surface area (Å²) in [6.07, 6.45) is -1.32. The van der Waals surface area contributed by atoms with E-state index in [0.29, 0.717) is 16.7 Å². The summed E-state index contributed by atoms with van der Waals surface area (Å²) in [6, 6.07) is 15.3. The van der Waals surface area contributed by atoms with Gasteiger partial charge in [-0.05, 0) is 32.0 Å². The average molecular weight is 396 g/mol. The summed E-state index contributed by atoms with van der Waals surface area (Å²) >= 11 is 6.06. The third-order valence-electron chi connectivity index (χ3n) is 4.40. The monoisotopic (exact) mass is 395 g/mol. The van der Waals surface area contributed by atoms with Gasteiger partial charge in [-0.25, -0.2) is 4.79 Å². The molecule has 2 aromatic carbocycles. The van der Waals surface area contributed by atoms with E-state index in [1.165, 1.54) is 0 Å². The first-order chi connectivity index (χ1) is 13.6. The molecule has 0 bridgehead atoms. The van der Waals surface area contributed by atoms with Gasteiger partial charge in [-0.15, -0.1) is 10.2 Å². The standard InChI is InChI=1S/C20H18ClN5O2/c1-3-28-20(27)23-18-19-25-24-12(2)26(19)16-7-5-4-6-15(16)17(22-18)13-8-10-14(21)11-9-13/h4-11,18H,3H2,1-2H3,(H,23,27). The minimum Gasteiger partial charge on any atom is -0.450 e. The van der Waals surface area contributed by atoms with Gasteiger partial charge in [-0.2, -0.15) is 0 Å². The Morgan fingerprint density at radius 3 is 2.68 bits per heavy atom. The molecule has 2 heterocycles. The Labute approximate surface area is 167 Å². The fourth-order valence-corrected chi connectivity index (χ4v) is 3.32. The molecule has 1 unspecified atom stereocenters. The summed E-state index contributed by atoms with van der Waals surface area (Å²) in [5, 5.41) is 11.9. The molecule has 0 radical (unpaired) electrons. The van der Waals surface area contributed by atoms with E-state index in [4.69, 9.17) is 21.3 Å². The van der Waals surface area contributed by atoms with Crippen molar-refractivity contribution in [3.63, 3.8) is 0 Å². The largest absolute Gasteiger partial charge is 0.450 e. The SMILES string of the molecule is CCOC(=O)NC1N=C(c2ccc(Cl)cc2)c2ccccc2-n2c(C)nnc21. The number of nitrogens with one attached hydrogen (secondary N) is 1. The molecule has 1 aliphatic heterocycles. The second-order valence-corrected chi connectivity index (χ2v) is 6.65. The van der Waals surface area contributed by atoms with Crippen molar-refractivity contribution < 1.29 is 9.53 Å². The highest BCUT2D eigenvalue weighted by molar-refractivity contribution is 6.30. The second-order valence-electron chi connectivity index (χ2n) is 6.21. The van der Waals surface area contributed by atoms with E-state index in [1.807, 2.05) is 60.0 Å². The highest BCUT2D eigenvalue weighted by Gasteiger charge is 2.29. The number of hydrogen-bond donors (Lipinski definition) is 1. The number of fused-ring (bicyclic) bond motifs is 3. The quantitative estimate of drug-likeness (QED) is 0.730. The smallest absolute Gasteiger partial charge is 0.409 e. The first-order valence-electron chi connectivity index (χ1n) is 8.87. The van der Waals surface area contributed by atoms with Crippen LogP contribution in [0, 0.1) is 6.92 Å². The highest BCUT2D eigenvalue weighted by Crippen LogP contribution is 2.30. The molecular weight excluding hydrogens is 378 g/mol. The van der Waals surface area contributed by atoms with Gasteiger partial charge in [0.1, 0.15) is 5.82 Å². The number of hydrogen-bond acceptors (Lipinski definition) is 5. The van der Waals surface area contributed by atoms with Crippen LogP contribution in [0.2, 0.25) is 5.02 Å². The van der Waals surface area contributed by atoms with E-state index >= 15 is 0 Å². The molecule has 8 heteroatoms. The van der Waals surface area contributed by atoms with E-state index < -0.39 is 12.3 Å². The lowest BCUT2D eigenvalue weighted by atomic mass is 10.0. The number of halogens is 1. The third-order valence-corrected chi connectivity index (χ3v) is 4.65. The summed E-state index contributed by atoms with van der Waals surface area (Å²) < 4.78 is 6.95. The lowest BCUT2D eigenvalue weighted by Gasteiger charge is -2.14. The average Bonchev–Trinajstić information content (AvgIpc) is 3.01. The highest BCUT2D eigenvalue weighted by atomic mass is 35.5. The molecule has 28 heavy (non-hydrogen) atoms. The van der Waals surface area contributed by atoms with Crippen LogP contribution in [-0.2, 0) is 4.74 Å². The van der Waals surface area contributed by atoms with E-state index in [0.717, 1.165) is 22.5 Å². The Bertz CT molecular complexity index is 1060. The number of benzene rings is 2. The van der Waals surface area contributed by atoms with E-state index in [2.05, 4.69) is 15.5 Å². The summed E-state index contributed by atoms with van der Waals surface area (Å²) in [6.45, 7) is 3.87. The lowest BCUT2D eigenvalue weighted by molar-refractivity contribution is 0.148. The summed E-state index contributed by atoms with van der Waals surface area (Å²) in [5.74, 6) is 1.22. The first-order valence-corrected chi connectivity index (χ1v) is 9.25. The van der Waals surface area contributed by atoms with Crippen LogP contribution in [0.4, 0.5) is 4.79 Å². The van der Waals surface area contributed by atoms with E-state index in [1.54, 1.807) is 6.92 Å². The van der Waals surface area contributed by atoms with Gasteiger partial charge in [0.25, 0.3) is 0 Å². The van der Waals surface area contributed by atoms with Crippen molar-refractivity contribution in [2.45, 2.75) is 20.0 Å². The Hall–Kier alpha value is -3.19. The van der Waals surface area contributed by atoms with Crippen LogP contribution >= 0.6 is 11.6 Å². The molecule has 0 aliphatic carbocycles. The number of carbonyl (C=O) groups excluding carboxylic acids is 1. The molecule has 1 amide bonds. The van der Waals surface area contributed by atoms with Gasteiger partial charge in [-0.1, -0.05) is 41.9 Å². The van der Waals surface area contributed by atoms with E-state index in [-0.39, 0.29) is 6.61 Å². The third kappa shape index (κ3) is 3.25. The van der Waals surface area contributed by atoms with Crippen LogP contribution in [0.1, 0.15) is 35.9 Å². The fraction of sp³-hybridized carbons (Fsp3) is 0.200. The van der Waals surface area contributed by atoms with Crippen LogP contribution in [0.25, 0.3) is 5.69 Å². The van der Waals surface area contributed by atoms with Crippen LogP contribution in [-0.4, -0.2) is 33.2 Å². The minimum absolute atomic E-state index is 0.262. The fourth-order valence-electron chi connectivity index (χ4n) is 3.20. The number of nitrogens with zero attached hydrogens (tertiary/aromatic N) is 4. The minimum atomic E-state index is -0.752. The predicted molar refractivity (Wildman–Crippen MR) is 106 cm³/mol. The Morgan fingerprint density at radius 2 is 1.93 bits per heavy atom. The molecule has 142 valence electrons. The van der Waals surface area contributed by atoms with Crippen LogP contribution < -0.4 is 5.32 Å². The molecule has 1 N–H and O–H groups in total. The number of amides is 1. The number of aromatic nitrogens is 3. The van der Waals surface area contributed by atoms with Crippen molar-refractivity contribution in [3.05, 3.63) is 76.3 Å². The first kappa shape index (κ1) is 18.2. The van der Waals surface area contributed by atoms with Gasteiger partial charge in [0.2, 0.25) is 0 Å². The number of aliphatic imine (C=N–C) groups is 1. The molecule has 3 aromatic rings. The number of aryl methyl sites for hydroxylation is 1. The number of carbonyl (C=O) groups is 1.